The number of hydrogen-bond acceptors (Lipinski definition) is 6. The Labute approximate surface area is 97.4 Å². The Balaban J connectivity index is 0. The van der Waals surface area contributed by atoms with Crippen LogP contribution in [-0.4, -0.2) is 69.5 Å². The number of aliphatic hydroxyl groups is 1. The average Bonchev–Trinajstić information content (AvgIpc) is 2.01. The van der Waals surface area contributed by atoms with Gasteiger partial charge in [0, 0.05) is 6.54 Å². The first-order valence-electron chi connectivity index (χ1n) is 4.91. The summed E-state index contributed by atoms with van der Waals surface area (Å²) >= 11 is 0. The predicted molar refractivity (Wildman–Crippen MR) is 59.3 cm³/mol. The zero-order valence-corrected chi connectivity index (χ0v) is 10.9. The van der Waals surface area contributed by atoms with E-state index in [9.17, 15) is 13.0 Å². The van der Waals surface area contributed by atoms with Gasteiger partial charge in [0.25, 0.3) is 0 Å². The lowest BCUT2D eigenvalue weighted by molar-refractivity contribution is -0.889. The third kappa shape index (κ3) is 16.2. The Bertz CT molecular complexity index is 245. The second kappa shape index (κ2) is 8.85. The Morgan fingerprint density at radius 3 is 2.06 bits per heavy atom. The smallest absolute Gasteiger partial charge is 0.217 e. The van der Waals surface area contributed by atoms with Crippen LogP contribution in [0, 0.1) is 0 Å². The van der Waals surface area contributed by atoms with E-state index >= 15 is 0 Å². The number of likely N-dealkylation sites (N-methyl/N-ethyl adjacent to an activating group) is 1. The van der Waals surface area contributed by atoms with E-state index in [4.69, 9.17) is 10.8 Å². The van der Waals surface area contributed by atoms with Crippen molar-refractivity contribution < 1.29 is 26.7 Å². The molecule has 7 nitrogen and oxygen atoms in total. The summed E-state index contributed by atoms with van der Waals surface area (Å²) in [4.78, 5) is 0. The fourth-order valence-corrected chi connectivity index (χ4v) is 1.17. The van der Waals surface area contributed by atoms with Crippen LogP contribution in [-0.2, 0) is 14.6 Å². The summed E-state index contributed by atoms with van der Waals surface area (Å²) in [5.41, 5.74) is 5.35. The van der Waals surface area contributed by atoms with E-state index in [0.717, 1.165) is 17.6 Å². The Morgan fingerprint density at radius 2 is 1.88 bits per heavy atom. The molecule has 100 valence electrons. The Kier molecular flexibility index (Phi) is 10.0. The first-order valence-corrected chi connectivity index (χ1v) is 6.25. The molecule has 0 bridgehead atoms. The van der Waals surface area contributed by atoms with Crippen molar-refractivity contribution in [1.29, 1.82) is 0 Å². The van der Waals surface area contributed by atoms with E-state index < -0.39 is 10.4 Å². The van der Waals surface area contributed by atoms with E-state index in [2.05, 4.69) is 18.3 Å². The molecule has 0 heterocycles. The van der Waals surface area contributed by atoms with Gasteiger partial charge in [0.1, 0.15) is 6.54 Å². The molecule has 0 aliphatic heterocycles. The molecule has 0 rings (SSSR count). The van der Waals surface area contributed by atoms with Crippen molar-refractivity contribution in [2.75, 3.05) is 46.9 Å². The van der Waals surface area contributed by atoms with E-state index in [-0.39, 0.29) is 13.2 Å². The highest BCUT2D eigenvalue weighted by molar-refractivity contribution is 7.80. The average molecular weight is 258 g/mol. The molecule has 0 aromatic rings. The van der Waals surface area contributed by atoms with Crippen molar-refractivity contribution in [3.05, 3.63) is 0 Å². The monoisotopic (exact) mass is 258 g/mol. The summed E-state index contributed by atoms with van der Waals surface area (Å²) in [5, 5.41) is 8.57. The van der Waals surface area contributed by atoms with Crippen molar-refractivity contribution in [2.24, 2.45) is 5.73 Å². The molecule has 0 saturated heterocycles. The van der Waals surface area contributed by atoms with Gasteiger partial charge in [0.05, 0.1) is 33.9 Å². The Morgan fingerprint density at radius 1 is 1.38 bits per heavy atom. The normalized spacial score (nSPS) is 11.9. The van der Waals surface area contributed by atoms with Gasteiger partial charge in [0.15, 0.2) is 0 Å². The molecule has 0 unspecified atom stereocenters. The fourth-order valence-electron chi connectivity index (χ4n) is 0.876. The number of rotatable bonds is 6. The maximum atomic E-state index is 9.45. The van der Waals surface area contributed by atoms with Crippen LogP contribution in [0.2, 0.25) is 0 Å². The van der Waals surface area contributed by atoms with Gasteiger partial charge in [-0.25, -0.2) is 8.42 Å². The van der Waals surface area contributed by atoms with Gasteiger partial charge < -0.3 is 19.9 Å². The highest BCUT2D eigenvalue weighted by Gasteiger charge is 2.10. The van der Waals surface area contributed by atoms with Gasteiger partial charge in [-0.05, 0) is 6.92 Å². The number of aliphatic hydroxyl groups excluding tert-OH is 1. The molecule has 0 radical (unpaired) electrons. The number of hydrogen-bond donors (Lipinski definition) is 2. The molecular weight excluding hydrogens is 236 g/mol. The third-order valence-corrected chi connectivity index (χ3v) is 2.23. The van der Waals surface area contributed by atoms with E-state index in [0.29, 0.717) is 6.54 Å². The zero-order valence-electron chi connectivity index (χ0n) is 10.0. The first-order chi connectivity index (χ1) is 7.18. The second-order valence-corrected chi connectivity index (χ2v) is 4.76. The summed E-state index contributed by atoms with van der Waals surface area (Å²) in [7, 11) is -0.307. The standard InChI is InChI=1S/C6H17N2O.C2H6O4S/c1-8(2,4-3-7)5-6-9;1-2-6-7(3,4)5/h9H,3-7H2,1-2H3;2H2,1H3,(H,3,4,5)/q+1;/p-1. The van der Waals surface area contributed by atoms with Crippen LogP contribution in [0.4, 0.5) is 0 Å². The topological polar surface area (TPSA) is 113 Å². The summed E-state index contributed by atoms with van der Waals surface area (Å²) in [6.45, 7) is 3.99. The lowest BCUT2D eigenvalue weighted by Crippen LogP contribution is -2.45. The summed E-state index contributed by atoms with van der Waals surface area (Å²) in [5.74, 6) is 0. The quantitative estimate of drug-likeness (QED) is 0.340. The van der Waals surface area contributed by atoms with E-state index in [1.807, 2.05) is 0 Å². The molecule has 0 aromatic heterocycles. The molecule has 3 N–H and O–H groups in total. The van der Waals surface area contributed by atoms with Crippen molar-refractivity contribution in [1.82, 2.24) is 0 Å². The van der Waals surface area contributed by atoms with Gasteiger partial charge in [-0.3, -0.25) is 4.18 Å². The van der Waals surface area contributed by atoms with Gasteiger partial charge in [-0.1, -0.05) is 0 Å². The molecule has 0 aliphatic rings. The van der Waals surface area contributed by atoms with Crippen molar-refractivity contribution in [3.63, 3.8) is 0 Å². The minimum atomic E-state index is -4.42. The van der Waals surface area contributed by atoms with Crippen LogP contribution in [0.1, 0.15) is 6.92 Å². The summed E-state index contributed by atoms with van der Waals surface area (Å²) < 4.78 is 32.8. The lowest BCUT2D eigenvalue weighted by Gasteiger charge is -2.27. The second-order valence-electron chi connectivity index (χ2n) is 3.71. The molecule has 0 fully saturated rings. The minimum absolute atomic E-state index is 0.0914. The number of quaternary nitrogens is 1. The van der Waals surface area contributed by atoms with Crippen molar-refractivity contribution >= 4 is 10.4 Å². The maximum absolute atomic E-state index is 9.45. The SMILES string of the molecule is CCOS(=O)(=O)[O-].C[N+](C)(CCN)CCO. The van der Waals surface area contributed by atoms with Crippen LogP contribution in [0.25, 0.3) is 0 Å². The minimum Gasteiger partial charge on any atom is -0.726 e. The Hall–Kier alpha value is -0.250. The molecule has 0 spiro atoms. The van der Waals surface area contributed by atoms with Crippen LogP contribution in [0.3, 0.4) is 0 Å². The summed E-state index contributed by atoms with van der Waals surface area (Å²) in [6, 6.07) is 0. The summed E-state index contributed by atoms with van der Waals surface area (Å²) in [6.07, 6.45) is 0. The third-order valence-electron chi connectivity index (χ3n) is 1.70. The number of nitrogens with zero attached hydrogens (tertiary/aromatic N) is 1. The molecule has 8 heteroatoms. The van der Waals surface area contributed by atoms with Gasteiger partial charge >= 0.3 is 0 Å². The van der Waals surface area contributed by atoms with Crippen molar-refractivity contribution in [3.8, 4) is 0 Å². The van der Waals surface area contributed by atoms with Crippen LogP contribution >= 0.6 is 0 Å². The van der Waals surface area contributed by atoms with Crippen LogP contribution < -0.4 is 5.73 Å². The molecule has 0 aromatic carbocycles. The highest BCUT2D eigenvalue weighted by atomic mass is 32.3. The zero-order chi connectivity index (χ0) is 13.2. The predicted octanol–water partition coefficient (Wildman–Crippen LogP) is -1.50. The molecular formula is C8H22N2O5S. The first kappa shape index (κ1) is 18.1. The largest absolute Gasteiger partial charge is 0.726 e. The molecule has 0 atom stereocenters. The van der Waals surface area contributed by atoms with E-state index in [1.54, 1.807) is 0 Å². The molecule has 0 saturated carbocycles. The fraction of sp³-hybridized carbons (Fsp3) is 1.00. The lowest BCUT2D eigenvalue weighted by atomic mass is 10.4. The van der Waals surface area contributed by atoms with Gasteiger partial charge in [0.2, 0.25) is 10.4 Å². The number of nitrogens with two attached hydrogens (primary N) is 1. The van der Waals surface area contributed by atoms with E-state index in [1.165, 1.54) is 6.92 Å². The van der Waals surface area contributed by atoms with Gasteiger partial charge in [-0.2, -0.15) is 0 Å². The molecule has 16 heavy (non-hydrogen) atoms. The molecule has 0 amide bonds. The highest BCUT2D eigenvalue weighted by Crippen LogP contribution is 1.92. The van der Waals surface area contributed by atoms with Crippen LogP contribution in [0.15, 0.2) is 0 Å². The maximum Gasteiger partial charge on any atom is 0.217 e. The molecule has 0 aliphatic carbocycles. The van der Waals surface area contributed by atoms with Crippen LogP contribution in [0.5, 0.6) is 0 Å². The van der Waals surface area contributed by atoms with Crippen molar-refractivity contribution in [2.45, 2.75) is 6.92 Å². The van der Waals surface area contributed by atoms with Gasteiger partial charge in [-0.15, -0.1) is 0 Å².